The average molecular weight is 379 g/mol. The van der Waals surface area contributed by atoms with Crippen LogP contribution in [-0.4, -0.2) is 24.2 Å². The Kier molecular flexibility index (Phi) is 6.30. The molecular weight excluding hydrogens is 361 g/mol. The fourth-order valence-corrected chi connectivity index (χ4v) is 2.35. The van der Waals surface area contributed by atoms with Crippen molar-refractivity contribution in [1.29, 1.82) is 0 Å². The molecule has 0 aliphatic rings. The van der Waals surface area contributed by atoms with E-state index in [2.05, 4.69) is 15.5 Å². The van der Waals surface area contributed by atoms with Gasteiger partial charge in [-0.15, -0.1) is 0 Å². The van der Waals surface area contributed by atoms with Crippen LogP contribution in [0.3, 0.4) is 0 Å². The molecule has 0 aliphatic carbocycles. The number of nitrogens with zero attached hydrogens (tertiary/aromatic N) is 2. The third-order valence-electron chi connectivity index (χ3n) is 3.80. The first-order chi connectivity index (χ1) is 13.7. The van der Waals surface area contributed by atoms with E-state index in [-0.39, 0.29) is 18.3 Å². The highest BCUT2D eigenvalue weighted by Gasteiger charge is 2.07. The summed E-state index contributed by atoms with van der Waals surface area (Å²) in [6.07, 6.45) is 4.55. The number of carbonyl (C=O) groups excluding carboxylic acids is 1. The molecule has 142 valence electrons. The number of nitrogens with one attached hydrogen (secondary N) is 1. The van der Waals surface area contributed by atoms with Crippen LogP contribution in [0.4, 0.5) is 4.39 Å². The minimum Gasteiger partial charge on any atom is -0.493 e. The van der Waals surface area contributed by atoms with E-state index < -0.39 is 0 Å². The monoisotopic (exact) mass is 379 g/mol. The standard InChI is InChI=1S/C21H18FN3O3/c1-27-20-11-16(12-24-25-21(26)17-3-2-10-23-13-17)6-9-19(20)28-14-15-4-7-18(22)8-5-15/h2-13H,14H2,1H3,(H,25,26)/b24-12-. The van der Waals surface area contributed by atoms with E-state index in [1.807, 2.05) is 0 Å². The minimum absolute atomic E-state index is 0.283. The van der Waals surface area contributed by atoms with E-state index in [4.69, 9.17) is 9.47 Å². The molecular formula is C21H18FN3O3. The van der Waals surface area contributed by atoms with E-state index in [1.165, 1.54) is 31.7 Å². The molecule has 0 fully saturated rings. The summed E-state index contributed by atoms with van der Waals surface area (Å²) in [6, 6.07) is 14.7. The molecule has 0 saturated carbocycles. The molecule has 0 aliphatic heterocycles. The highest BCUT2D eigenvalue weighted by molar-refractivity contribution is 5.94. The maximum atomic E-state index is 13.0. The first-order valence-electron chi connectivity index (χ1n) is 8.44. The Balaban J connectivity index is 1.62. The van der Waals surface area contributed by atoms with Crippen molar-refractivity contribution in [3.63, 3.8) is 0 Å². The number of ether oxygens (including phenoxy) is 2. The molecule has 0 saturated heterocycles. The Morgan fingerprint density at radius 3 is 2.71 bits per heavy atom. The number of rotatable bonds is 7. The van der Waals surface area contributed by atoms with E-state index in [1.54, 1.807) is 48.7 Å². The molecule has 1 N–H and O–H groups in total. The van der Waals surface area contributed by atoms with E-state index in [0.717, 1.165) is 11.1 Å². The van der Waals surface area contributed by atoms with E-state index >= 15 is 0 Å². The summed E-state index contributed by atoms with van der Waals surface area (Å²) < 4.78 is 24.0. The molecule has 1 aromatic heterocycles. The van der Waals surface area contributed by atoms with Gasteiger partial charge in [0.25, 0.3) is 5.91 Å². The maximum Gasteiger partial charge on any atom is 0.272 e. The van der Waals surface area contributed by atoms with Crippen LogP contribution in [0.1, 0.15) is 21.5 Å². The van der Waals surface area contributed by atoms with Gasteiger partial charge in [-0.2, -0.15) is 5.10 Å². The molecule has 1 amide bonds. The van der Waals surface area contributed by atoms with Crippen LogP contribution in [0.2, 0.25) is 0 Å². The normalized spacial score (nSPS) is 10.6. The number of carbonyl (C=O) groups is 1. The molecule has 3 rings (SSSR count). The summed E-state index contributed by atoms with van der Waals surface area (Å²) in [5, 5.41) is 3.94. The summed E-state index contributed by atoms with van der Waals surface area (Å²) in [4.78, 5) is 15.8. The second-order valence-electron chi connectivity index (χ2n) is 5.77. The predicted octanol–water partition coefficient (Wildman–Crippen LogP) is 3.57. The van der Waals surface area contributed by atoms with Gasteiger partial charge in [-0.1, -0.05) is 12.1 Å². The van der Waals surface area contributed by atoms with Gasteiger partial charge in [0.15, 0.2) is 11.5 Å². The Morgan fingerprint density at radius 2 is 2.00 bits per heavy atom. The lowest BCUT2D eigenvalue weighted by Crippen LogP contribution is -2.17. The largest absolute Gasteiger partial charge is 0.493 e. The quantitative estimate of drug-likeness (QED) is 0.503. The molecule has 0 atom stereocenters. The summed E-state index contributed by atoms with van der Waals surface area (Å²) in [7, 11) is 1.53. The zero-order valence-corrected chi connectivity index (χ0v) is 15.1. The van der Waals surface area contributed by atoms with Gasteiger partial charge < -0.3 is 9.47 Å². The molecule has 28 heavy (non-hydrogen) atoms. The number of hydrogen-bond acceptors (Lipinski definition) is 5. The number of pyridine rings is 1. The van der Waals surface area contributed by atoms with Crippen molar-refractivity contribution >= 4 is 12.1 Å². The van der Waals surface area contributed by atoms with Crippen molar-refractivity contribution in [2.75, 3.05) is 7.11 Å². The molecule has 0 unspecified atom stereocenters. The Morgan fingerprint density at radius 1 is 1.18 bits per heavy atom. The topological polar surface area (TPSA) is 72.8 Å². The first kappa shape index (κ1) is 19.0. The van der Waals surface area contributed by atoms with Gasteiger partial charge in [0.1, 0.15) is 12.4 Å². The van der Waals surface area contributed by atoms with Crippen LogP contribution in [0.15, 0.2) is 72.1 Å². The molecule has 0 bridgehead atoms. The molecule has 0 spiro atoms. The number of hydrogen-bond donors (Lipinski definition) is 1. The Hall–Kier alpha value is -3.74. The Labute approximate surface area is 161 Å². The Bertz CT molecular complexity index is 960. The fourth-order valence-electron chi connectivity index (χ4n) is 2.35. The smallest absolute Gasteiger partial charge is 0.272 e. The number of amides is 1. The average Bonchev–Trinajstić information content (AvgIpc) is 2.74. The molecule has 2 aromatic carbocycles. The highest BCUT2D eigenvalue weighted by atomic mass is 19.1. The zero-order chi connectivity index (χ0) is 19.8. The lowest BCUT2D eigenvalue weighted by atomic mass is 10.2. The third kappa shape index (κ3) is 5.14. The van der Waals surface area contributed by atoms with Crippen molar-refractivity contribution in [3.05, 3.63) is 89.5 Å². The van der Waals surface area contributed by atoms with Gasteiger partial charge >= 0.3 is 0 Å². The van der Waals surface area contributed by atoms with Gasteiger partial charge in [0.05, 0.1) is 18.9 Å². The van der Waals surface area contributed by atoms with Gasteiger partial charge in [-0.3, -0.25) is 9.78 Å². The van der Waals surface area contributed by atoms with Gasteiger partial charge in [0, 0.05) is 12.4 Å². The van der Waals surface area contributed by atoms with Crippen molar-refractivity contribution in [2.45, 2.75) is 6.61 Å². The lowest BCUT2D eigenvalue weighted by molar-refractivity contribution is 0.0955. The number of aromatic nitrogens is 1. The van der Waals surface area contributed by atoms with Crippen LogP contribution in [0.25, 0.3) is 0 Å². The predicted molar refractivity (Wildman–Crippen MR) is 103 cm³/mol. The number of benzene rings is 2. The molecule has 1 heterocycles. The van der Waals surface area contributed by atoms with Crippen molar-refractivity contribution in [2.24, 2.45) is 5.10 Å². The van der Waals surface area contributed by atoms with Crippen LogP contribution in [0.5, 0.6) is 11.5 Å². The van der Waals surface area contributed by atoms with Gasteiger partial charge in [-0.05, 0) is 53.6 Å². The summed E-state index contributed by atoms with van der Waals surface area (Å²) >= 11 is 0. The van der Waals surface area contributed by atoms with Crippen LogP contribution >= 0.6 is 0 Å². The zero-order valence-electron chi connectivity index (χ0n) is 15.1. The van der Waals surface area contributed by atoms with E-state index in [9.17, 15) is 9.18 Å². The molecule has 0 radical (unpaired) electrons. The van der Waals surface area contributed by atoms with Crippen molar-refractivity contribution in [3.8, 4) is 11.5 Å². The second-order valence-corrected chi connectivity index (χ2v) is 5.77. The van der Waals surface area contributed by atoms with Gasteiger partial charge in [-0.25, -0.2) is 9.82 Å². The molecule has 3 aromatic rings. The van der Waals surface area contributed by atoms with Crippen molar-refractivity contribution < 1.29 is 18.7 Å². The van der Waals surface area contributed by atoms with Crippen molar-refractivity contribution in [1.82, 2.24) is 10.4 Å². The van der Waals surface area contributed by atoms with Crippen LogP contribution in [-0.2, 0) is 6.61 Å². The number of halogens is 1. The summed E-state index contributed by atoms with van der Waals surface area (Å²) in [5.74, 6) is 0.421. The highest BCUT2D eigenvalue weighted by Crippen LogP contribution is 2.28. The first-order valence-corrected chi connectivity index (χ1v) is 8.44. The third-order valence-corrected chi connectivity index (χ3v) is 3.80. The van der Waals surface area contributed by atoms with E-state index in [0.29, 0.717) is 17.1 Å². The second kappa shape index (κ2) is 9.27. The number of hydrazone groups is 1. The van der Waals surface area contributed by atoms with Crippen LogP contribution in [0, 0.1) is 5.82 Å². The minimum atomic E-state index is -0.351. The fraction of sp³-hybridized carbons (Fsp3) is 0.0952. The molecule has 6 nitrogen and oxygen atoms in total. The summed E-state index contributed by atoms with van der Waals surface area (Å²) in [6.45, 7) is 0.283. The SMILES string of the molecule is COc1cc(/C=N\NC(=O)c2cccnc2)ccc1OCc1ccc(F)cc1. The lowest BCUT2D eigenvalue weighted by Gasteiger charge is -2.11. The van der Waals surface area contributed by atoms with Crippen LogP contribution < -0.4 is 14.9 Å². The summed E-state index contributed by atoms with van der Waals surface area (Å²) in [5.41, 5.74) is 4.42. The number of methoxy groups -OCH3 is 1. The maximum absolute atomic E-state index is 13.0. The molecule has 7 heteroatoms. The van der Waals surface area contributed by atoms with Gasteiger partial charge in [0.2, 0.25) is 0 Å².